The van der Waals surface area contributed by atoms with Crippen LogP contribution < -0.4 is 10.2 Å². The molecular formula is C12H19N5O. The Balaban J connectivity index is 2.66. The van der Waals surface area contributed by atoms with Crippen LogP contribution in [0.15, 0.2) is 6.07 Å². The van der Waals surface area contributed by atoms with Gasteiger partial charge in [-0.15, -0.1) is 0 Å². The van der Waals surface area contributed by atoms with Gasteiger partial charge in [-0.1, -0.05) is 0 Å². The van der Waals surface area contributed by atoms with E-state index in [1.807, 2.05) is 20.0 Å². The Kier molecular flexibility index (Phi) is 5.88. The molecule has 6 heteroatoms. The quantitative estimate of drug-likeness (QED) is 0.578. The summed E-state index contributed by atoms with van der Waals surface area (Å²) >= 11 is 0. The van der Waals surface area contributed by atoms with E-state index >= 15 is 0 Å². The van der Waals surface area contributed by atoms with E-state index in [-0.39, 0.29) is 0 Å². The fourth-order valence-electron chi connectivity index (χ4n) is 1.46. The van der Waals surface area contributed by atoms with E-state index < -0.39 is 0 Å². The van der Waals surface area contributed by atoms with Gasteiger partial charge >= 0.3 is 0 Å². The van der Waals surface area contributed by atoms with Crippen LogP contribution in [0, 0.1) is 18.3 Å². The van der Waals surface area contributed by atoms with Crippen LogP contribution in [0.1, 0.15) is 12.2 Å². The monoisotopic (exact) mass is 249 g/mol. The summed E-state index contributed by atoms with van der Waals surface area (Å²) in [6.45, 7) is 3.66. The number of hydrogen-bond acceptors (Lipinski definition) is 6. The SMILES string of the molecule is COCCCNc1cc(N(C)CC#N)nc(C)n1. The summed E-state index contributed by atoms with van der Waals surface area (Å²) in [5, 5.41) is 11.9. The molecule has 1 N–H and O–H groups in total. The van der Waals surface area contributed by atoms with Crippen molar-refractivity contribution in [1.29, 1.82) is 5.26 Å². The van der Waals surface area contributed by atoms with Crippen LogP contribution in [-0.2, 0) is 4.74 Å². The van der Waals surface area contributed by atoms with Crippen LogP contribution in [0.4, 0.5) is 11.6 Å². The van der Waals surface area contributed by atoms with Gasteiger partial charge in [-0.3, -0.25) is 0 Å². The first kappa shape index (κ1) is 14.2. The summed E-state index contributed by atoms with van der Waals surface area (Å²) < 4.78 is 4.98. The lowest BCUT2D eigenvalue weighted by Gasteiger charge is -2.15. The number of nitrogens with zero attached hydrogens (tertiary/aromatic N) is 4. The largest absolute Gasteiger partial charge is 0.385 e. The fraction of sp³-hybridized carbons (Fsp3) is 0.583. The van der Waals surface area contributed by atoms with Gasteiger partial charge in [0.25, 0.3) is 0 Å². The van der Waals surface area contributed by atoms with Gasteiger partial charge in [0, 0.05) is 33.4 Å². The van der Waals surface area contributed by atoms with Crippen LogP contribution in [-0.4, -0.2) is 43.8 Å². The van der Waals surface area contributed by atoms with Crippen molar-refractivity contribution < 1.29 is 4.74 Å². The van der Waals surface area contributed by atoms with E-state index in [1.165, 1.54) is 0 Å². The molecule has 0 aliphatic carbocycles. The highest BCUT2D eigenvalue weighted by molar-refractivity contribution is 5.49. The molecule has 1 rings (SSSR count). The number of methoxy groups -OCH3 is 1. The molecule has 0 fully saturated rings. The number of rotatable bonds is 7. The van der Waals surface area contributed by atoms with E-state index in [0.29, 0.717) is 12.4 Å². The Morgan fingerprint density at radius 3 is 2.94 bits per heavy atom. The normalized spacial score (nSPS) is 9.89. The molecule has 0 radical (unpaired) electrons. The van der Waals surface area contributed by atoms with Crippen molar-refractivity contribution in [3.63, 3.8) is 0 Å². The van der Waals surface area contributed by atoms with Crippen molar-refractivity contribution in [2.24, 2.45) is 0 Å². The number of nitrogens with one attached hydrogen (secondary N) is 1. The molecule has 0 atom stereocenters. The lowest BCUT2D eigenvalue weighted by molar-refractivity contribution is 0.198. The Labute approximate surface area is 108 Å². The number of aromatic nitrogens is 2. The van der Waals surface area contributed by atoms with E-state index in [0.717, 1.165) is 31.2 Å². The third kappa shape index (κ3) is 4.55. The highest BCUT2D eigenvalue weighted by Gasteiger charge is 2.05. The molecule has 0 aromatic carbocycles. The van der Waals surface area contributed by atoms with Crippen LogP contribution >= 0.6 is 0 Å². The molecule has 0 saturated heterocycles. The lowest BCUT2D eigenvalue weighted by Crippen LogP contribution is -2.19. The summed E-state index contributed by atoms with van der Waals surface area (Å²) in [6, 6.07) is 3.94. The second kappa shape index (κ2) is 7.45. The molecule has 6 nitrogen and oxygen atoms in total. The average Bonchev–Trinajstić information content (AvgIpc) is 2.34. The number of ether oxygens (including phenoxy) is 1. The Hall–Kier alpha value is -1.87. The van der Waals surface area contributed by atoms with Crippen LogP contribution in [0.3, 0.4) is 0 Å². The summed E-state index contributed by atoms with van der Waals surface area (Å²) in [5.74, 6) is 2.21. The second-order valence-corrected chi connectivity index (χ2v) is 3.95. The van der Waals surface area contributed by atoms with Gasteiger partial charge in [0.05, 0.1) is 6.07 Å². The fourth-order valence-corrected chi connectivity index (χ4v) is 1.46. The van der Waals surface area contributed by atoms with Gasteiger partial charge < -0.3 is 15.0 Å². The van der Waals surface area contributed by atoms with E-state index in [2.05, 4.69) is 21.4 Å². The zero-order chi connectivity index (χ0) is 13.4. The van der Waals surface area contributed by atoms with Gasteiger partial charge in [-0.05, 0) is 13.3 Å². The number of nitriles is 1. The topological polar surface area (TPSA) is 74.1 Å². The maximum Gasteiger partial charge on any atom is 0.134 e. The molecule has 0 amide bonds. The Bertz CT molecular complexity index is 415. The first-order chi connectivity index (χ1) is 8.67. The zero-order valence-electron chi connectivity index (χ0n) is 11.1. The smallest absolute Gasteiger partial charge is 0.134 e. The maximum atomic E-state index is 8.67. The molecule has 0 aliphatic rings. The highest BCUT2D eigenvalue weighted by atomic mass is 16.5. The van der Waals surface area contributed by atoms with E-state index in [4.69, 9.17) is 10.00 Å². The van der Waals surface area contributed by atoms with Crippen molar-refractivity contribution in [1.82, 2.24) is 9.97 Å². The Morgan fingerprint density at radius 1 is 1.50 bits per heavy atom. The van der Waals surface area contributed by atoms with Gasteiger partial charge in [0.1, 0.15) is 24.0 Å². The van der Waals surface area contributed by atoms with Crippen molar-refractivity contribution in [2.75, 3.05) is 44.1 Å². The molecule has 0 saturated carbocycles. The standard InChI is InChI=1S/C12H19N5O/c1-10-15-11(14-6-4-8-18-3)9-12(16-10)17(2)7-5-13/h9H,4,6-8H2,1-3H3,(H,14,15,16). The highest BCUT2D eigenvalue weighted by Crippen LogP contribution is 2.14. The van der Waals surface area contributed by atoms with Crippen LogP contribution in [0.25, 0.3) is 0 Å². The minimum absolute atomic E-state index is 0.305. The summed E-state index contributed by atoms with van der Waals surface area (Å²) in [7, 11) is 3.52. The van der Waals surface area contributed by atoms with Crippen LogP contribution in [0.5, 0.6) is 0 Å². The molecule has 0 unspecified atom stereocenters. The van der Waals surface area contributed by atoms with Crippen molar-refractivity contribution in [2.45, 2.75) is 13.3 Å². The third-order valence-electron chi connectivity index (χ3n) is 2.35. The van der Waals surface area contributed by atoms with Crippen molar-refractivity contribution >= 4 is 11.6 Å². The van der Waals surface area contributed by atoms with Crippen LogP contribution in [0.2, 0.25) is 0 Å². The van der Waals surface area contributed by atoms with Gasteiger partial charge in [-0.2, -0.15) is 5.26 Å². The molecular weight excluding hydrogens is 230 g/mol. The molecule has 98 valence electrons. The van der Waals surface area contributed by atoms with Crippen molar-refractivity contribution in [3.05, 3.63) is 11.9 Å². The predicted octanol–water partition coefficient (Wildman–Crippen LogP) is 1.19. The molecule has 0 bridgehead atoms. The molecule has 1 aromatic rings. The van der Waals surface area contributed by atoms with E-state index in [9.17, 15) is 0 Å². The number of anilines is 2. The molecule has 0 spiro atoms. The van der Waals surface area contributed by atoms with Gasteiger partial charge in [0.15, 0.2) is 0 Å². The average molecular weight is 249 g/mol. The minimum atomic E-state index is 0.305. The predicted molar refractivity (Wildman–Crippen MR) is 70.6 cm³/mol. The van der Waals surface area contributed by atoms with Gasteiger partial charge in [-0.25, -0.2) is 9.97 Å². The number of hydrogen-bond donors (Lipinski definition) is 1. The third-order valence-corrected chi connectivity index (χ3v) is 2.35. The molecule has 0 aliphatic heterocycles. The molecule has 18 heavy (non-hydrogen) atoms. The number of aryl methyl sites for hydroxylation is 1. The summed E-state index contributed by atoms with van der Waals surface area (Å²) in [5.41, 5.74) is 0. The summed E-state index contributed by atoms with van der Waals surface area (Å²) in [6.07, 6.45) is 0.920. The maximum absolute atomic E-state index is 8.67. The van der Waals surface area contributed by atoms with Crippen molar-refractivity contribution in [3.8, 4) is 6.07 Å². The summed E-state index contributed by atoms with van der Waals surface area (Å²) in [4.78, 5) is 10.4. The minimum Gasteiger partial charge on any atom is -0.385 e. The Morgan fingerprint density at radius 2 is 2.28 bits per heavy atom. The lowest BCUT2D eigenvalue weighted by atomic mass is 10.4. The first-order valence-electron chi connectivity index (χ1n) is 5.84. The first-order valence-corrected chi connectivity index (χ1v) is 5.84. The van der Waals surface area contributed by atoms with Gasteiger partial charge in [0.2, 0.25) is 0 Å². The van der Waals surface area contributed by atoms with E-state index in [1.54, 1.807) is 12.0 Å². The molecule has 1 aromatic heterocycles. The molecule has 1 heterocycles. The zero-order valence-corrected chi connectivity index (χ0v) is 11.1. The second-order valence-electron chi connectivity index (χ2n) is 3.95.